The number of nitrogens with one attached hydrogen (secondary N) is 1. The monoisotopic (exact) mass is 233 g/mol. The Hall–Kier alpha value is -1.84. The third kappa shape index (κ3) is 3.06. The first-order valence-corrected chi connectivity index (χ1v) is 5.70. The summed E-state index contributed by atoms with van der Waals surface area (Å²) < 4.78 is 15.0. The van der Waals surface area contributed by atoms with Gasteiger partial charge in [0.15, 0.2) is 0 Å². The molecule has 1 aromatic carbocycles. The van der Waals surface area contributed by atoms with Crippen molar-refractivity contribution in [3.63, 3.8) is 0 Å². The second-order valence-corrected chi connectivity index (χ2v) is 4.08. The lowest BCUT2D eigenvalue weighted by molar-refractivity contribution is 0.627. The molecule has 4 heteroatoms. The molecule has 0 aliphatic carbocycles. The first kappa shape index (κ1) is 11.6. The van der Waals surface area contributed by atoms with Crippen LogP contribution in [0, 0.1) is 12.7 Å². The molecular weight excluding hydrogens is 217 g/mol. The van der Waals surface area contributed by atoms with Crippen molar-refractivity contribution in [2.45, 2.75) is 26.9 Å². The SMILES string of the molecule is CCn1cc(CNc2cc(C)cc(F)c2)cn1. The fourth-order valence-corrected chi connectivity index (χ4v) is 1.71. The zero-order valence-corrected chi connectivity index (χ0v) is 10.1. The van der Waals surface area contributed by atoms with E-state index < -0.39 is 0 Å². The maximum absolute atomic E-state index is 13.2. The second kappa shape index (κ2) is 4.99. The molecule has 0 aliphatic heterocycles. The number of hydrogen-bond acceptors (Lipinski definition) is 2. The minimum Gasteiger partial charge on any atom is -0.381 e. The molecule has 1 heterocycles. The summed E-state index contributed by atoms with van der Waals surface area (Å²) >= 11 is 0. The van der Waals surface area contributed by atoms with Crippen LogP contribution in [0.25, 0.3) is 0 Å². The van der Waals surface area contributed by atoms with Crippen molar-refractivity contribution in [2.24, 2.45) is 0 Å². The summed E-state index contributed by atoms with van der Waals surface area (Å²) in [6, 6.07) is 4.94. The summed E-state index contributed by atoms with van der Waals surface area (Å²) in [6.45, 7) is 5.44. The van der Waals surface area contributed by atoms with Crippen molar-refractivity contribution in [1.29, 1.82) is 0 Å². The number of anilines is 1. The van der Waals surface area contributed by atoms with Crippen LogP contribution in [0.15, 0.2) is 30.6 Å². The van der Waals surface area contributed by atoms with E-state index in [1.807, 2.05) is 37.0 Å². The largest absolute Gasteiger partial charge is 0.381 e. The van der Waals surface area contributed by atoms with Gasteiger partial charge in [-0.3, -0.25) is 4.68 Å². The Morgan fingerprint density at radius 1 is 1.35 bits per heavy atom. The van der Waals surface area contributed by atoms with Crippen LogP contribution in [0.5, 0.6) is 0 Å². The molecule has 17 heavy (non-hydrogen) atoms. The van der Waals surface area contributed by atoms with Gasteiger partial charge in [0.25, 0.3) is 0 Å². The van der Waals surface area contributed by atoms with Crippen LogP contribution in [0.2, 0.25) is 0 Å². The van der Waals surface area contributed by atoms with E-state index in [1.54, 1.807) is 0 Å². The smallest absolute Gasteiger partial charge is 0.125 e. The molecule has 0 unspecified atom stereocenters. The number of hydrogen-bond donors (Lipinski definition) is 1. The predicted octanol–water partition coefficient (Wildman–Crippen LogP) is 2.96. The van der Waals surface area contributed by atoms with E-state index in [0.717, 1.165) is 23.4 Å². The first-order valence-electron chi connectivity index (χ1n) is 5.70. The fourth-order valence-electron chi connectivity index (χ4n) is 1.71. The molecule has 0 amide bonds. The molecule has 0 aliphatic rings. The maximum atomic E-state index is 13.2. The van der Waals surface area contributed by atoms with Crippen molar-refractivity contribution in [3.05, 3.63) is 47.5 Å². The van der Waals surface area contributed by atoms with Gasteiger partial charge in [0.1, 0.15) is 5.82 Å². The van der Waals surface area contributed by atoms with Gasteiger partial charge in [-0.05, 0) is 37.6 Å². The topological polar surface area (TPSA) is 29.9 Å². The minimum absolute atomic E-state index is 0.211. The molecular formula is C13H16FN3. The van der Waals surface area contributed by atoms with E-state index >= 15 is 0 Å². The molecule has 3 nitrogen and oxygen atoms in total. The number of aryl methyl sites for hydroxylation is 2. The van der Waals surface area contributed by atoms with Crippen LogP contribution < -0.4 is 5.32 Å². The van der Waals surface area contributed by atoms with Crippen molar-refractivity contribution in [2.75, 3.05) is 5.32 Å². The van der Waals surface area contributed by atoms with Gasteiger partial charge in [-0.2, -0.15) is 5.10 Å². The number of aromatic nitrogens is 2. The highest BCUT2D eigenvalue weighted by molar-refractivity contribution is 5.46. The van der Waals surface area contributed by atoms with Crippen molar-refractivity contribution >= 4 is 5.69 Å². The molecule has 0 spiro atoms. The average Bonchev–Trinajstić information content (AvgIpc) is 2.73. The van der Waals surface area contributed by atoms with E-state index in [4.69, 9.17) is 0 Å². The number of halogens is 1. The van der Waals surface area contributed by atoms with E-state index in [-0.39, 0.29) is 5.82 Å². The zero-order valence-electron chi connectivity index (χ0n) is 10.1. The van der Waals surface area contributed by atoms with Gasteiger partial charge in [-0.15, -0.1) is 0 Å². The second-order valence-electron chi connectivity index (χ2n) is 4.08. The molecule has 0 fully saturated rings. The summed E-state index contributed by atoms with van der Waals surface area (Å²) in [7, 11) is 0. The highest BCUT2D eigenvalue weighted by atomic mass is 19.1. The summed E-state index contributed by atoms with van der Waals surface area (Å²) in [4.78, 5) is 0. The Morgan fingerprint density at radius 2 is 2.18 bits per heavy atom. The number of benzene rings is 1. The Kier molecular flexibility index (Phi) is 3.42. The van der Waals surface area contributed by atoms with Gasteiger partial charge in [0.2, 0.25) is 0 Å². The highest BCUT2D eigenvalue weighted by Crippen LogP contribution is 2.14. The normalized spacial score (nSPS) is 10.5. The van der Waals surface area contributed by atoms with Gasteiger partial charge in [0.05, 0.1) is 6.20 Å². The first-order chi connectivity index (χ1) is 8.17. The summed E-state index contributed by atoms with van der Waals surface area (Å²) in [6.07, 6.45) is 3.81. The molecule has 0 saturated heterocycles. The Labute approximate surface area is 100 Å². The predicted molar refractivity (Wildman–Crippen MR) is 66.4 cm³/mol. The standard InChI is InChI=1S/C13H16FN3/c1-3-17-9-11(8-16-17)7-15-13-5-10(2)4-12(14)6-13/h4-6,8-9,15H,3,7H2,1-2H3. The van der Waals surface area contributed by atoms with Crippen LogP contribution in [0.3, 0.4) is 0 Å². The number of nitrogens with zero attached hydrogens (tertiary/aromatic N) is 2. The van der Waals surface area contributed by atoms with Gasteiger partial charge >= 0.3 is 0 Å². The highest BCUT2D eigenvalue weighted by Gasteiger charge is 2.00. The Bertz CT molecular complexity index is 485. The Balaban J connectivity index is 2.01. The van der Waals surface area contributed by atoms with Crippen LogP contribution >= 0.6 is 0 Å². The quantitative estimate of drug-likeness (QED) is 0.879. The van der Waals surface area contributed by atoms with E-state index in [2.05, 4.69) is 10.4 Å². The third-order valence-corrected chi connectivity index (χ3v) is 2.55. The van der Waals surface area contributed by atoms with Gasteiger partial charge in [0, 0.05) is 30.5 Å². The molecule has 1 aromatic heterocycles. The fraction of sp³-hybridized carbons (Fsp3) is 0.308. The maximum Gasteiger partial charge on any atom is 0.125 e. The lowest BCUT2D eigenvalue weighted by Crippen LogP contribution is -1.99. The molecule has 90 valence electrons. The average molecular weight is 233 g/mol. The van der Waals surface area contributed by atoms with Crippen molar-refractivity contribution < 1.29 is 4.39 Å². The molecule has 2 rings (SSSR count). The van der Waals surface area contributed by atoms with Crippen LogP contribution in [0.1, 0.15) is 18.1 Å². The number of rotatable bonds is 4. The van der Waals surface area contributed by atoms with Gasteiger partial charge in [-0.25, -0.2) is 4.39 Å². The van der Waals surface area contributed by atoms with Crippen molar-refractivity contribution in [1.82, 2.24) is 9.78 Å². The third-order valence-electron chi connectivity index (χ3n) is 2.55. The van der Waals surface area contributed by atoms with E-state index in [1.165, 1.54) is 12.1 Å². The molecule has 0 saturated carbocycles. The summed E-state index contributed by atoms with van der Waals surface area (Å²) in [5, 5.41) is 7.37. The molecule has 0 bridgehead atoms. The summed E-state index contributed by atoms with van der Waals surface area (Å²) in [5.74, 6) is -0.211. The molecule has 1 N–H and O–H groups in total. The molecule has 0 radical (unpaired) electrons. The van der Waals surface area contributed by atoms with Gasteiger partial charge in [-0.1, -0.05) is 0 Å². The Morgan fingerprint density at radius 3 is 2.82 bits per heavy atom. The van der Waals surface area contributed by atoms with Crippen LogP contribution in [0.4, 0.5) is 10.1 Å². The van der Waals surface area contributed by atoms with E-state index in [9.17, 15) is 4.39 Å². The summed E-state index contributed by atoms with van der Waals surface area (Å²) in [5.41, 5.74) is 2.80. The van der Waals surface area contributed by atoms with E-state index in [0.29, 0.717) is 6.54 Å². The van der Waals surface area contributed by atoms with Crippen molar-refractivity contribution in [3.8, 4) is 0 Å². The minimum atomic E-state index is -0.211. The zero-order chi connectivity index (χ0) is 12.3. The van der Waals surface area contributed by atoms with Gasteiger partial charge < -0.3 is 5.32 Å². The lowest BCUT2D eigenvalue weighted by atomic mass is 10.2. The molecule has 2 aromatic rings. The van der Waals surface area contributed by atoms with Crippen LogP contribution in [-0.2, 0) is 13.1 Å². The van der Waals surface area contributed by atoms with Crippen LogP contribution in [-0.4, -0.2) is 9.78 Å². The lowest BCUT2D eigenvalue weighted by Gasteiger charge is -2.06. The molecule has 0 atom stereocenters.